The molecule has 1 amide bonds. The summed E-state index contributed by atoms with van der Waals surface area (Å²) >= 11 is 2.19. The van der Waals surface area contributed by atoms with E-state index in [4.69, 9.17) is 0 Å². The average Bonchev–Trinajstić information content (AvgIpc) is 2.99. The van der Waals surface area contributed by atoms with E-state index in [0.717, 1.165) is 9.13 Å². The molecule has 0 saturated heterocycles. The number of nitrogens with one attached hydrogen (secondary N) is 2. The Morgan fingerprint density at radius 3 is 2.59 bits per heavy atom. The third kappa shape index (κ3) is 4.30. The van der Waals surface area contributed by atoms with Gasteiger partial charge in [0.05, 0.1) is 12.2 Å². The van der Waals surface area contributed by atoms with Gasteiger partial charge in [-0.25, -0.2) is 9.78 Å². The number of carboxylic acid groups (broad SMARTS) is 1. The number of aromatic nitrogens is 2. The number of hydrogen-bond acceptors (Lipinski definition) is 3. The molecule has 6 nitrogen and oxygen atoms in total. The van der Waals surface area contributed by atoms with Gasteiger partial charge in [0.25, 0.3) is 0 Å². The molecular weight excluding hydrogens is 397 g/mol. The first kappa shape index (κ1) is 16.5. The fraction of sp³-hybridized carbons (Fsp3) is 0.267. The Morgan fingerprint density at radius 1 is 1.36 bits per heavy atom. The smallest absolute Gasteiger partial charge is 0.326 e. The lowest BCUT2D eigenvalue weighted by molar-refractivity contribution is -0.142. The van der Waals surface area contributed by atoms with Crippen LogP contribution in [0.3, 0.4) is 0 Å². The summed E-state index contributed by atoms with van der Waals surface area (Å²) in [5.41, 5.74) is 1.51. The first-order chi connectivity index (χ1) is 10.5. The van der Waals surface area contributed by atoms with Crippen LogP contribution < -0.4 is 5.32 Å². The van der Waals surface area contributed by atoms with Crippen LogP contribution in [0.15, 0.2) is 36.8 Å². The van der Waals surface area contributed by atoms with Crippen molar-refractivity contribution in [3.63, 3.8) is 0 Å². The van der Waals surface area contributed by atoms with Gasteiger partial charge in [0.15, 0.2) is 0 Å². The number of rotatable bonds is 6. The minimum Gasteiger partial charge on any atom is -0.480 e. The Bertz CT molecular complexity index is 641. The van der Waals surface area contributed by atoms with Crippen molar-refractivity contribution in [1.29, 1.82) is 0 Å². The second-order valence-corrected chi connectivity index (χ2v) is 6.20. The lowest BCUT2D eigenvalue weighted by atomic mass is 10.00. The monoisotopic (exact) mass is 413 g/mol. The Labute approximate surface area is 141 Å². The maximum atomic E-state index is 12.3. The number of aliphatic carboxylic acids is 1. The quantitative estimate of drug-likeness (QED) is 0.631. The van der Waals surface area contributed by atoms with Crippen molar-refractivity contribution in [2.24, 2.45) is 0 Å². The summed E-state index contributed by atoms with van der Waals surface area (Å²) in [6.07, 6.45) is 3.19. The number of carboxylic acids is 1. The van der Waals surface area contributed by atoms with Crippen LogP contribution in [-0.4, -0.2) is 33.0 Å². The molecule has 0 aliphatic rings. The Hall–Kier alpha value is -1.90. The summed E-state index contributed by atoms with van der Waals surface area (Å²) in [6.45, 7) is 1.76. The van der Waals surface area contributed by atoms with Gasteiger partial charge in [0, 0.05) is 21.9 Å². The molecule has 0 aliphatic heterocycles. The Balaban J connectivity index is 2.04. The number of aromatic amines is 1. The molecule has 1 heterocycles. The average molecular weight is 413 g/mol. The third-order valence-corrected chi connectivity index (χ3v) is 4.08. The van der Waals surface area contributed by atoms with E-state index in [-0.39, 0.29) is 12.3 Å². The normalized spacial score (nSPS) is 13.4. The topological polar surface area (TPSA) is 95.1 Å². The molecule has 0 spiro atoms. The second kappa shape index (κ2) is 7.39. The number of carbonyl (C=O) groups is 2. The molecule has 1 aromatic heterocycles. The van der Waals surface area contributed by atoms with E-state index >= 15 is 0 Å². The van der Waals surface area contributed by atoms with Gasteiger partial charge < -0.3 is 15.4 Å². The lowest BCUT2D eigenvalue weighted by Crippen LogP contribution is -2.44. The summed E-state index contributed by atoms with van der Waals surface area (Å²) in [4.78, 5) is 30.3. The van der Waals surface area contributed by atoms with Crippen LogP contribution >= 0.6 is 22.6 Å². The summed E-state index contributed by atoms with van der Waals surface area (Å²) in [6, 6.07) is 6.59. The Morgan fingerprint density at radius 2 is 2.05 bits per heavy atom. The zero-order valence-electron chi connectivity index (χ0n) is 11.9. The SMILES string of the molecule is CC(C(=O)N[C@@H](Cc1cnc[nH]1)C(=O)O)c1ccc(I)cc1. The van der Waals surface area contributed by atoms with Crippen LogP contribution in [-0.2, 0) is 16.0 Å². The zero-order valence-corrected chi connectivity index (χ0v) is 14.1. The molecule has 0 aliphatic carbocycles. The number of halogens is 1. The van der Waals surface area contributed by atoms with Crippen LogP contribution in [0.2, 0.25) is 0 Å². The van der Waals surface area contributed by atoms with Gasteiger partial charge in [-0.1, -0.05) is 12.1 Å². The molecule has 1 unspecified atom stereocenters. The molecule has 7 heteroatoms. The van der Waals surface area contributed by atoms with Crippen molar-refractivity contribution in [1.82, 2.24) is 15.3 Å². The highest BCUT2D eigenvalue weighted by atomic mass is 127. The molecular formula is C15H16IN3O3. The van der Waals surface area contributed by atoms with Crippen LogP contribution in [0.1, 0.15) is 24.1 Å². The van der Waals surface area contributed by atoms with Crippen molar-refractivity contribution in [3.05, 3.63) is 51.6 Å². The van der Waals surface area contributed by atoms with Gasteiger partial charge >= 0.3 is 5.97 Å². The van der Waals surface area contributed by atoms with Crippen LogP contribution in [0.4, 0.5) is 0 Å². The number of amides is 1. The number of nitrogens with zero attached hydrogens (tertiary/aromatic N) is 1. The molecule has 2 rings (SSSR count). The Kier molecular flexibility index (Phi) is 5.53. The fourth-order valence-electron chi connectivity index (χ4n) is 2.02. The maximum absolute atomic E-state index is 12.3. The van der Waals surface area contributed by atoms with Crippen molar-refractivity contribution >= 4 is 34.5 Å². The van der Waals surface area contributed by atoms with E-state index in [2.05, 4.69) is 37.9 Å². The standard InChI is InChI=1S/C15H16IN3O3/c1-9(10-2-4-11(16)5-3-10)14(20)19-13(15(21)22)6-12-7-17-8-18-12/h2-5,7-9,13H,6H2,1H3,(H,17,18)(H,19,20)(H,21,22)/t9?,13-/m0/s1. The lowest BCUT2D eigenvalue weighted by Gasteiger charge is -2.17. The molecule has 116 valence electrons. The van der Waals surface area contributed by atoms with Gasteiger partial charge in [-0.05, 0) is 47.2 Å². The van der Waals surface area contributed by atoms with E-state index < -0.39 is 17.9 Å². The van der Waals surface area contributed by atoms with E-state index in [1.54, 1.807) is 13.1 Å². The van der Waals surface area contributed by atoms with E-state index in [9.17, 15) is 14.7 Å². The molecule has 2 aromatic rings. The molecule has 0 fully saturated rings. The first-order valence-corrected chi connectivity index (χ1v) is 7.81. The molecule has 0 radical (unpaired) electrons. The summed E-state index contributed by atoms with van der Waals surface area (Å²) in [7, 11) is 0. The van der Waals surface area contributed by atoms with Gasteiger partial charge in [-0.15, -0.1) is 0 Å². The molecule has 2 atom stereocenters. The third-order valence-electron chi connectivity index (χ3n) is 3.36. The predicted molar refractivity (Wildman–Crippen MR) is 89.4 cm³/mol. The van der Waals surface area contributed by atoms with Crippen LogP contribution in [0.25, 0.3) is 0 Å². The molecule has 22 heavy (non-hydrogen) atoms. The highest BCUT2D eigenvalue weighted by molar-refractivity contribution is 14.1. The maximum Gasteiger partial charge on any atom is 0.326 e. The molecule has 1 aromatic carbocycles. The van der Waals surface area contributed by atoms with Crippen molar-refractivity contribution in [2.45, 2.75) is 25.3 Å². The molecule has 0 bridgehead atoms. The minimum absolute atomic E-state index is 0.167. The number of carbonyl (C=O) groups excluding carboxylic acids is 1. The van der Waals surface area contributed by atoms with Gasteiger partial charge in [0.1, 0.15) is 6.04 Å². The highest BCUT2D eigenvalue weighted by Gasteiger charge is 2.24. The first-order valence-electron chi connectivity index (χ1n) is 6.73. The van der Waals surface area contributed by atoms with E-state index in [1.807, 2.05) is 24.3 Å². The largest absolute Gasteiger partial charge is 0.480 e. The van der Waals surface area contributed by atoms with E-state index in [0.29, 0.717) is 5.69 Å². The zero-order chi connectivity index (χ0) is 16.1. The number of imidazole rings is 1. The summed E-state index contributed by atoms with van der Waals surface area (Å²) < 4.78 is 1.08. The minimum atomic E-state index is -1.07. The van der Waals surface area contributed by atoms with E-state index in [1.165, 1.54) is 6.33 Å². The predicted octanol–water partition coefficient (Wildman–Crippen LogP) is 1.93. The van der Waals surface area contributed by atoms with Gasteiger partial charge in [-0.3, -0.25) is 4.79 Å². The molecule has 0 saturated carbocycles. The number of benzene rings is 1. The van der Waals surface area contributed by atoms with Crippen LogP contribution in [0.5, 0.6) is 0 Å². The second-order valence-electron chi connectivity index (χ2n) is 4.95. The van der Waals surface area contributed by atoms with Crippen molar-refractivity contribution in [3.8, 4) is 0 Å². The van der Waals surface area contributed by atoms with Gasteiger partial charge in [-0.2, -0.15) is 0 Å². The summed E-state index contributed by atoms with van der Waals surface area (Å²) in [5, 5.41) is 11.8. The van der Waals surface area contributed by atoms with Gasteiger partial charge in [0.2, 0.25) is 5.91 Å². The van der Waals surface area contributed by atoms with Crippen molar-refractivity contribution < 1.29 is 14.7 Å². The molecule has 3 N–H and O–H groups in total. The highest BCUT2D eigenvalue weighted by Crippen LogP contribution is 2.17. The summed E-state index contributed by atoms with van der Waals surface area (Å²) in [5.74, 6) is -1.80. The number of hydrogen-bond donors (Lipinski definition) is 3. The van der Waals surface area contributed by atoms with Crippen molar-refractivity contribution in [2.75, 3.05) is 0 Å². The van der Waals surface area contributed by atoms with Crippen LogP contribution in [0, 0.1) is 3.57 Å². The number of H-pyrrole nitrogens is 1. The fourth-order valence-corrected chi connectivity index (χ4v) is 2.38.